The van der Waals surface area contributed by atoms with Gasteiger partial charge in [-0.25, -0.2) is 4.98 Å². The van der Waals surface area contributed by atoms with Crippen molar-refractivity contribution in [3.05, 3.63) is 18.2 Å². The lowest BCUT2D eigenvalue weighted by molar-refractivity contribution is 0.321. The third kappa shape index (κ3) is 2.25. The van der Waals surface area contributed by atoms with E-state index >= 15 is 0 Å². The zero-order chi connectivity index (χ0) is 12.4. The van der Waals surface area contributed by atoms with Crippen LogP contribution >= 0.6 is 0 Å². The molecule has 2 N–H and O–H groups in total. The Morgan fingerprint density at radius 2 is 2.24 bits per heavy atom. The Kier molecular flexibility index (Phi) is 3.87. The van der Waals surface area contributed by atoms with Crippen molar-refractivity contribution in [3.63, 3.8) is 0 Å². The normalized spacial score (nSPS) is 30.7. The molecule has 3 heteroatoms. The topological polar surface area (TPSA) is 43.8 Å². The van der Waals surface area contributed by atoms with E-state index in [2.05, 4.69) is 30.3 Å². The largest absolute Gasteiger partial charge is 0.330 e. The Hall–Kier alpha value is -0.830. The maximum atomic E-state index is 6.16. The zero-order valence-electron chi connectivity index (χ0n) is 11.3. The van der Waals surface area contributed by atoms with E-state index in [1.807, 2.05) is 12.5 Å². The molecule has 1 aliphatic rings. The molecule has 1 aliphatic carbocycles. The summed E-state index contributed by atoms with van der Waals surface area (Å²) in [5, 5.41) is 0. The van der Waals surface area contributed by atoms with Gasteiger partial charge in [-0.3, -0.25) is 0 Å². The first-order valence-corrected chi connectivity index (χ1v) is 6.96. The third-order valence-corrected chi connectivity index (χ3v) is 4.58. The molecule has 0 aromatic carbocycles. The summed E-state index contributed by atoms with van der Waals surface area (Å²) in [5.74, 6) is 1.62. The molecule has 96 valence electrons. The minimum Gasteiger partial charge on any atom is -0.330 e. The summed E-state index contributed by atoms with van der Waals surface area (Å²) in [6, 6.07) is 0.737. The van der Waals surface area contributed by atoms with Crippen LogP contribution in [0.15, 0.2) is 12.5 Å². The summed E-state index contributed by atoms with van der Waals surface area (Å²) in [6.45, 7) is 6.82. The summed E-state index contributed by atoms with van der Waals surface area (Å²) in [6.07, 6.45) is 8.82. The molecule has 1 saturated carbocycles. The van der Waals surface area contributed by atoms with Gasteiger partial charge in [0.1, 0.15) is 0 Å². The van der Waals surface area contributed by atoms with Gasteiger partial charge in [-0.2, -0.15) is 0 Å². The average Bonchev–Trinajstić information content (AvgIpc) is 2.94. The fraction of sp³-hybridized carbons (Fsp3) is 0.786. The highest BCUT2D eigenvalue weighted by molar-refractivity contribution is 5.07. The fourth-order valence-corrected chi connectivity index (χ4v) is 3.28. The van der Waals surface area contributed by atoms with Crippen molar-refractivity contribution in [2.24, 2.45) is 17.6 Å². The van der Waals surface area contributed by atoms with Crippen molar-refractivity contribution < 1.29 is 0 Å². The first-order chi connectivity index (χ1) is 8.19. The summed E-state index contributed by atoms with van der Waals surface area (Å²) < 4.78 is 2.34. The summed E-state index contributed by atoms with van der Waals surface area (Å²) >= 11 is 0. The molecule has 1 aromatic rings. The summed E-state index contributed by atoms with van der Waals surface area (Å²) in [4.78, 5) is 4.30. The van der Waals surface area contributed by atoms with Crippen molar-refractivity contribution >= 4 is 0 Å². The highest BCUT2D eigenvalue weighted by atomic mass is 15.1. The van der Waals surface area contributed by atoms with Gasteiger partial charge >= 0.3 is 0 Å². The van der Waals surface area contributed by atoms with E-state index in [0.29, 0.717) is 6.04 Å². The van der Waals surface area contributed by atoms with Gasteiger partial charge in [0.2, 0.25) is 0 Å². The maximum absolute atomic E-state index is 6.16. The third-order valence-electron chi connectivity index (χ3n) is 4.58. The van der Waals surface area contributed by atoms with Crippen LogP contribution in [-0.4, -0.2) is 9.55 Å². The van der Waals surface area contributed by atoms with Gasteiger partial charge in [0.05, 0.1) is 12.0 Å². The minimum atomic E-state index is 0.130. The van der Waals surface area contributed by atoms with Crippen LogP contribution in [0.4, 0.5) is 0 Å². The number of aromatic nitrogens is 2. The van der Waals surface area contributed by atoms with Gasteiger partial charge in [0.15, 0.2) is 0 Å². The van der Waals surface area contributed by atoms with E-state index in [9.17, 15) is 0 Å². The first kappa shape index (κ1) is 12.6. The molecule has 2 rings (SSSR count). The second kappa shape index (κ2) is 5.21. The Balaban J connectivity index is 2.21. The predicted molar refractivity (Wildman–Crippen MR) is 70.7 cm³/mol. The van der Waals surface area contributed by atoms with Gasteiger partial charge in [-0.15, -0.1) is 0 Å². The lowest BCUT2D eigenvalue weighted by atomic mass is 9.93. The fourth-order valence-electron chi connectivity index (χ4n) is 3.28. The molecule has 0 amide bonds. The molecular weight excluding hydrogens is 210 g/mol. The Bertz CT molecular complexity index is 358. The van der Waals surface area contributed by atoms with Crippen molar-refractivity contribution in [3.8, 4) is 0 Å². The molecule has 0 aliphatic heterocycles. The molecule has 17 heavy (non-hydrogen) atoms. The van der Waals surface area contributed by atoms with Gasteiger partial charge in [0.25, 0.3) is 0 Å². The monoisotopic (exact) mass is 235 g/mol. The van der Waals surface area contributed by atoms with E-state index in [0.717, 1.165) is 18.3 Å². The Morgan fingerprint density at radius 1 is 1.47 bits per heavy atom. The van der Waals surface area contributed by atoms with Gasteiger partial charge < -0.3 is 10.3 Å². The molecule has 3 unspecified atom stereocenters. The van der Waals surface area contributed by atoms with Crippen molar-refractivity contribution in [1.29, 1.82) is 0 Å². The number of imidazole rings is 1. The molecule has 0 radical (unpaired) electrons. The van der Waals surface area contributed by atoms with Crippen molar-refractivity contribution in [1.82, 2.24) is 9.55 Å². The molecule has 0 spiro atoms. The number of hydrogen-bond acceptors (Lipinski definition) is 2. The van der Waals surface area contributed by atoms with Gasteiger partial charge in [-0.05, 0) is 31.1 Å². The highest BCUT2D eigenvalue weighted by Gasteiger charge is 2.33. The highest BCUT2D eigenvalue weighted by Crippen LogP contribution is 2.42. The summed E-state index contributed by atoms with van der Waals surface area (Å²) in [7, 11) is 0. The maximum Gasteiger partial charge on any atom is 0.0951 e. The number of hydrogen-bond donors (Lipinski definition) is 1. The van der Waals surface area contributed by atoms with Crippen LogP contribution in [0, 0.1) is 11.8 Å². The number of nitrogens with zero attached hydrogens (tertiary/aromatic N) is 2. The van der Waals surface area contributed by atoms with Crippen LogP contribution in [0.25, 0.3) is 0 Å². The molecule has 3 nitrogen and oxygen atoms in total. The number of rotatable bonds is 4. The lowest BCUT2D eigenvalue weighted by Gasteiger charge is -2.24. The standard InChI is InChI=1S/C14H25N3/c1-4-11-6-7-13(10(11)3)17-9-16-8-14(17)12(15)5-2/h8-13H,4-7,15H2,1-3H3/t10?,11?,12-,13?/m1/s1. The van der Waals surface area contributed by atoms with E-state index in [-0.39, 0.29) is 6.04 Å². The lowest BCUT2D eigenvalue weighted by Crippen LogP contribution is -2.21. The summed E-state index contributed by atoms with van der Waals surface area (Å²) in [5.41, 5.74) is 7.37. The second-order valence-electron chi connectivity index (χ2n) is 5.41. The second-order valence-corrected chi connectivity index (χ2v) is 5.41. The quantitative estimate of drug-likeness (QED) is 0.870. The van der Waals surface area contributed by atoms with E-state index in [1.165, 1.54) is 25.0 Å². The van der Waals surface area contributed by atoms with E-state index in [1.54, 1.807) is 0 Å². The predicted octanol–water partition coefficient (Wildman–Crippen LogP) is 3.29. The first-order valence-electron chi connectivity index (χ1n) is 6.96. The van der Waals surface area contributed by atoms with Crippen LogP contribution in [-0.2, 0) is 0 Å². The van der Waals surface area contributed by atoms with Crippen LogP contribution in [0.1, 0.15) is 64.2 Å². The molecule has 4 atom stereocenters. The van der Waals surface area contributed by atoms with Crippen LogP contribution < -0.4 is 5.73 Å². The minimum absolute atomic E-state index is 0.130. The SMILES string of the molecule is CCC1CCC(n2cncc2[C@H](N)CC)C1C. The van der Waals surface area contributed by atoms with E-state index < -0.39 is 0 Å². The van der Waals surface area contributed by atoms with E-state index in [4.69, 9.17) is 5.73 Å². The van der Waals surface area contributed by atoms with Crippen LogP contribution in [0.3, 0.4) is 0 Å². The Morgan fingerprint density at radius 3 is 2.82 bits per heavy atom. The van der Waals surface area contributed by atoms with Crippen molar-refractivity contribution in [2.75, 3.05) is 0 Å². The van der Waals surface area contributed by atoms with Gasteiger partial charge in [-0.1, -0.05) is 27.2 Å². The van der Waals surface area contributed by atoms with Crippen LogP contribution in [0.2, 0.25) is 0 Å². The molecule has 1 heterocycles. The number of nitrogens with two attached hydrogens (primary N) is 1. The Labute approximate surface area is 104 Å². The molecule has 0 bridgehead atoms. The van der Waals surface area contributed by atoms with Crippen molar-refractivity contribution in [2.45, 2.75) is 58.5 Å². The molecule has 0 saturated heterocycles. The molecular formula is C14H25N3. The van der Waals surface area contributed by atoms with Crippen LogP contribution in [0.5, 0.6) is 0 Å². The molecule has 1 fully saturated rings. The molecule has 1 aromatic heterocycles. The average molecular weight is 235 g/mol. The zero-order valence-corrected chi connectivity index (χ0v) is 11.3. The smallest absolute Gasteiger partial charge is 0.0951 e. The van der Waals surface area contributed by atoms with Gasteiger partial charge in [0, 0.05) is 18.3 Å².